The molecule has 41 heavy (non-hydrogen) atoms. The van der Waals surface area contributed by atoms with Crippen LogP contribution in [0.1, 0.15) is 51.8 Å². The molecule has 1 aliphatic heterocycles. The SMILES string of the molecule is Cc1ccc(C2(c3ccc(C4=CCCC=C4)cc3)C=Cc3c(c4c(c5ccccc35)-c3ccccc3CC4)O2)cc1. The molecule has 8 rings (SSSR count). The Morgan fingerprint density at radius 1 is 0.683 bits per heavy atom. The summed E-state index contributed by atoms with van der Waals surface area (Å²) < 4.78 is 7.42. The minimum absolute atomic E-state index is 0.719. The van der Waals surface area contributed by atoms with Gasteiger partial charge in [-0.15, -0.1) is 0 Å². The zero-order chi connectivity index (χ0) is 27.4. The highest BCUT2D eigenvalue weighted by atomic mass is 16.5. The van der Waals surface area contributed by atoms with Gasteiger partial charge in [0.15, 0.2) is 5.60 Å². The molecule has 0 amide bonds. The summed E-state index contributed by atoms with van der Waals surface area (Å²) in [5.74, 6) is 1.03. The fraction of sp³-hybridized carbons (Fsp3) is 0.150. The second kappa shape index (κ2) is 9.49. The molecule has 1 atom stereocenters. The van der Waals surface area contributed by atoms with Crippen molar-refractivity contribution in [2.75, 3.05) is 0 Å². The maximum Gasteiger partial charge on any atom is 0.178 e. The number of ether oxygens (including phenoxy) is 1. The highest BCUT2D eigenvalue weighted by Crippen LogP contribution is 2.51. The van der Waals surface area contributed by atoms with E-state index in [1.807, 2.05) is 0 Å². The van der Waals surface area contributed by atoms with Crippen molar-refractivity contribution >= 4 is 22.4 Å². The average molecular weight is 529 g/mol. The van der Waals surface area contributed by atoms with Crippen LogP contribution in [0.3, 0.4) is 0 Å². The Morgan fingerprint density at radius 3 is 2.20 bits per heavy atom. The highest BCUT2D eigenvalue weighted by Gasteiger charge is 2.39. The first-order chi connectivity index (χ1) is 20.2. The summed E-state index contributed by atoms with van der Waals surface area (Å²) in [5, 5.41) is 2.56. The van der Waals surface area contributed by atoms with Crippen LogP contribution in [0.15, 0.2) is 121 Å². The molecular formula is C40H32O. The van der Waals surface area contributed by atoms with E-state index >= 15 is 0 Å². The van der Waals surface area contributed by atoms with E-state index in [0.29, 0.717) is 0 Å². The summed E-state index contributed by atoms with van der Waals surface area (Å²) in [4.78, 5) is 0. The smallest absolute Gasteiger partial charge is 0.178 e. The van der Waals surface area contributed by atoms with Crippen LogP contribution in [0.25, 0.3) is 33.5 Å². The highest BCUT2D eigenvalue weighted by molar-refractivity contribution is 6.06. The molecule has 5 aromatic rings. The summed E-state index contributed by atoms with van der Waals surface area (Å²) in [6, 6.07) is 35.6. The summed E-state index contributed by atoms with van der Waals surface area (Å²) in [6.45, 7) is 2.14. The predicted molar refractivity (Wildman–Crippen MR) is 171 cm³/mol. The quantitative estimate of drug-likeness (QED) is 0.226. The van der Waals surface area contributed by atoms with Crippen LogP contribution >= 0.6 is 0 Å². The number of aryl methyl sites for hydroxylation is 2. The van der Waals surface area contributed by atoms with E-state index in [1.165, 1.54) is 55.3 Å². The van der Waals surface area contributed by atoms with Crippen LogP contribution in [-0.2, 0) is 18.4 Å². The summed E-state index contributed by atoms with van der Waals surface area (Å²) in [7, 11) is 0. The van der Waals surface area contributed by atoms with Gasteiger partial charge in [-0.1, -0.05) is 121 Å². The van der Waals surface area contributed by atoms with E-state index in [-0.39, 0.29) is 0 Å². The number of benzene rings is 5. The monoisotopic (exact) mass is 528 g/mol. The molecule has 0 radical (unpaired) electrons. The fourth-order valence-corrected chi connectivity index (χ4v) is 6.98. The molecule has 1 nitrogen and oxygen atoms in total. The van der Waals surface area contributed by atoms with Crippen LogP contribution < -0.4 is 4.74 Å². The maximum absolute atomic E-state index is 7.42. The van der Waals surface area contributed by atoms with Crippen LogP contribution in [0, 0.1) is 6.92 Å². The van der Waals surface area contributed by atoms with Gasteiger partial charge >= 0.3 is 0 Å². The Kier molecular flexibility index (Phi) is 5.60. The zero-order valence-corrected chi connectivity index (χ0v) is 23.4. The topological polar surface area (TPSA) is 9.23 Å². The van der Waals surface area contributed by atoms with Crippen molar-refractivity contribution in [3.8, 4) is 16.9 Å². The number of hydrogen-bond acceptors (Lipinski definition) is 1. The fourth-order valence-electron chi connectivity index (χ4n) is 6.98. The van der Waals surface area contributed by atoms with Gasteiger partial charge in [0.05, 0.1) is 0 Å². The van der Waals surface area contributed by atoms with Gasteiger partial charge in [0.25, 0.3) is 0 Å². The molecule has 0 N–H and O–H groups in total. The molecule has 5 aromatic carbocycles. The van der Waals surface area contributed by atoms with E-state index < -0.39 is 5.60 Å². The summed E-state index contributed by atoms with van der Waals surface area (Å²) in [6.07, 6.45) is 15.7. The molecule has 0 bridgehead atoms. The van der Waals surface area contributed by atoms with Crippen molar-refractivity contribution in [1.82, 2.24) is 0 Å². The van der Waals surface area contributed by atoms with Gasteiger partial charge in [0.1, 0.15) is 5.75 Å². The predicted octanol–water partition coefficient (Wildman–Crippen LogP) is 10.00. The Hall–Kier alpha value is -4.62. The van der Waals surface area contributed by atoms with E-state index in [2.05, 4.69) is 134 Å². The number of fused-ring (bicyclic) bond motifs is 8. The summed E-state index contributed by atoms with van der Waals surface area (Å²) in [5.41, 5.74) is 12.0. The van der Waals surface area contributed by atoms with Crippen molar-refractivity contribution in [2.24, 2.45) is 0 Å². The number of hydrogen-bond donors (Lipinski definition) is 0. The molecule has 198 valence electrons. The molecule has 2 aliphatic carbocycles. The molecule has 0 spiro atoms. The van der Waals surface area contributed by atoms with Crippen LogP contribution in [-0.4, -0.2) is 0 Å². The standard InChI is InChI=1S/C40H32O/c1-27-15-20-31(21-16-27)40(32-22-17-29(18-23-32)28-9-3-2-4-10-28)26-25-36-34-13-7-8-14-35(34)38-33-12-6-5-11-30(33)19-24-37(38)39(36)41-40/h3,5-18,20-23,25-26H,2,4,19,24H2,1H3. The van der Waals surface area contributed by atoms with Gasteiger partial charge in [-0.3, -0.25) is 0 Å². The van der Waals surface area contributed by atoms with Crippen molar-refractivity contribution in [2.45, 2.75) is 38.2 Å². The lowest BCUT2D eigenvalue weighted by atomic mass is 9.78. The number of allylic oxidation sites excluding steroid dienone is 4. The molecule has 0 aromatic heterocycles. The Morgan fingerprint density at radius 2 is 1.41 bits per heavy atom. The van der Waals surface area contributed by atoms with Crippen molar-refractivity contribution in [1.29, 1.82) is 0 Å². The van der Waals surface area contributed by atoms with Gasteiger partial charge in [-0.2, -0.15) is 0 Å². The molecule has 1 unspecified atom stereocenters. The van der Waals surface area contributed by atoms with Gasteiger partial charge in [-0.25, -0.2) is 0 Å². The first-order valence-corrected chi connectivity index (χ1v) is 14.8. The first kappa shape index (κ1) is 24.2. The third-order valence-corrected chi connectivity index (χ3v) is 9.11. The Labute approximate surface area is 242 Å². The zero-order valence-electron chi connectivity index (χ0n) is 23.4. The van der Waals surface area contributed by atoms with Crippen LogP contribution in [0.5, 0.6) is 5.75 Å². The van der Waals surface area contributed by atoms with E-state index in [4.69, 9.17) is 4.74 Å². The third kappa shape index (κ3) is 3.84. The number of rotatable bonds is 3. The maximum atomic E-state index is 7.42. The lowest BCUT2D eigenvalue weighted by molar-refractivity contribution is 0.159. The minimum atomic E-state index is -0.719. The largest absolute Gasteiger partial charge is 0.473 e. The molecule has 0 saturated heterocycles. The van der Waals surface area contributed by atoms with E-state index in [0.717, 1.165) is 42.6 Å². The second-order valence-corrected chi connectivity index (χ2v) is 11.6. The minimum Gasteiger partial charge on any atom is -0.473 e. The molecular weight excluding hydrogens is 496 g/mol. The molecule has 1 heterocycles. The van der Waals surface area contributed by atoms with Crippen molar-refractivity contribution < 1.29 is 4.74 Å². The first-order valence-electron chi connectivity index (χ1n) is 14.8. The second-order valence-electron chi connectivity index (χ2n) is 11.6. The lowest BCUT2D eigenvalue weighted by Gasteiger charge is -2.39. The third-order valence-electron chi connectivity index (χ3n) is 9.11. The van der Waals surface area contributed by atoms with Crippen molar-refractivity contribution in [3.05, 3.63) is 160 Å². The molecule has 0 fully saturated rings. The average Bonchev–Trinajstić information content (AvgIpc) is 3.05. The van der Waals surface area contributed by atoms with Gasteiger partial charge in [0.2, 0.25) is 0 Å². The van der Waals surface area contributed by atoms with Crippen LogP contribution in [0.2, 0.25) is 0 Å². The van der Waals surface area contributed by atoms with Crippen molar-refractivity contribution in [3.63, 3.8) is 0 Å². The van der Waals surface area contributed by atoms with Gasteiger partial charge in [0, 0.05) is 22.3 Å². The van der Waals surface area contributed by atoms with Crippen LogP contribution in [0.4, 0.5) is 0 Å². The molecule has 3 aliphatic rings. The van der Waals surface area contributed by atoms with Gasteiger partial charge < -0.3 is 4.74 Å². The van der Waals surface area contributed by atoms with E-state index in [9.17, 15) is 0 Å². The van der Waals surface area contributed by atoms with Gasteiger partial charge in [-0.05, 0) is 83.4 Å². The molecule has 0 saturated carbocycles. The Balaban J connectivity index is 1.35. The van der Waals surface area contributed by atoms with E-state index in [1.54, 1.807) is 0 Å². The Bertz CT molecular complexity index is 1900. The summed E-state index contributed by atoms with van der Waals surface area (Å²) >= 11 is 0. The normalized spacial score (nSPS) is 18.7. The molecule has 1 heteroatoms. The lowest BCUT2D eigenvalue weighted by Crippen LogP contribution is -2.35.